The summed E-state index contributed by atoms with van der Waals surface area (Å²) in [4.78, 5) is 20.6. The monoisotopic (exact) mass is 276 g/mol. The van der Waals surface area contributed by atoms with Crippen LogP contribution in [0.5, 0.6) is 0 Å². The number of nitrogens with zero attached hydrogens (tertiary/aromatic N) is 3. The lowest BCUT2D eigenvalue weighted by Crippen LogP contribution is -2.50. The molecule has 110 valence electrons. The summed E-state index contributed by atoms with van der Waals surface area (Å²) >= 11 is 0. The van der Waals surface area contributed by atoms with Crippen LogP contribution in [0.2, 0.25) is 0 Å². The second-order valence-corrected chi connectivity index (χ2v) is 5.51. The summed E-state index contributed by atoms with van der Waals surface area (Å²) in [6.07, 6.45) is 1.83. The molecule has 1 fully saturated rings. The molecular weight excluding hydrogens is 252 g/mol. The Morgan fingerprint density at radius 2 is 2.05 bits per heavy atom. The molecule has 5 heteroatoms. The van der Waals surface area contributed by atoms with Crippen LogP contribution in [0.3, 0.4) is 0 Å². The number of amides is 1. The van der Waals surface area contributed by atoms with Crippen LogP contribution in [-0.2, 0) is 11.3 Å². The van der Waals surface area contributed by atoms with E-state index in [1.165, 1.54) is 0 Å². The zero-order valence-electron chi connectivity index (χ0n) is 12.4. The number of nitrogens with one attached hydrogen (secondary N) is 1. The first-order valence-corrected chi connectivity index (χ1v) is 7.28. The second kappa shape index (κ2) is 7.36. The molecule has 1 N–H and O–H groups in total. The molecule has 1 aliphatic rings. The van der Waals surface area contributed by atoms with Crippen LogP contribution in [0.4, 0.5) is 0 Å². The van der Waals surface area contributed by atoms with E-state index in [-0.39, 0.29) is 5.91 Å². The third-order valence-electron chi connectivity index (χ3n) is 3.50. The topological polar surface area (TPSA) is 48.5 Å². The molecule has 0 aliphatic carbocycles. The molecule has 1 amide bonds. The normalized spacial score (nSPS) is 16.6. The van der Waals surface area contributed by atoms with Crippen molar-refractivity contribution >= 4 is 5.91 Å². The van der Waals surface area contributed by atoms with E-state index < -0.39 is 0 Å². The maximum atomic E-state index is 12.0. The zero-order chi connectivity index (χ0) is 14.4. The molecule has 0 atom stereocenters. The van der Waals surface area contributed by atoms with E-state index in [0.29, 0.717) is 12.6 Å². The molecule has 1 saturated heterocycles. The minimum Gasteiger partial charge on any atom is -0.339 e. The highest BCUT2D eigenvalue weighted by molar-refractivity contribution is 5.78. The maximum Gasteiger partial charge on any atom is 0.236 e. The molecular formula is C15H24N4O. The van der Waals surface area contributed by atoms with Gasteiger partial charge in [-0.3, -0.25) is 14.7 Å². The lowest BCUT2D eigenvalue weighted by atomic mass is 10.2. The lowest BCUT2D eigenvalue weighted by molar-refractivity contribution is -0.132. The fraction of sp³-hybridized carbons (Fsp3) is 0.600. The van der Waals surface area contributed by atoms with Gasteiger partial charge in [-0.1, -0.05) is 19.9 Å². The van der Waals surface area contributed by atoms with Crippen molar-refractivity contribution in [3.05, 3.63) is 30.1 Å². The first kappa shape index (κ1) is 14.9. The van der Waals surface area contributed by atoms with E-state index in [0.717, 1.165) is 38.4 Å². The number of aromatic nitrogens is 1. The molecule has 0 bridgehead atoms. The SMILES string of the molecule is CC(C)NCC(=O)N1CCN(Cc2ccccn2)CC1. The van der Waals surface area contributed by atoms with Crippen molar-refractivity contribution in [1.29, 1.82) is 0 Å². The lowest BCUT2D eigenvalue weighted by Gasteiger charge is -2.34. The van der Waals surface area contributed by atoms with Crippen molar-refractivity contribution in [2.24, 2.45) is 0 Å². The highest BCUT2D eigenvalue weighted by atomic mass is 16.2. The minimum absolute atomic E-state index is 0.205. The smallest absolute Gasteiger partial charge is 0.236 e. The summed E-state index contributed by atoms with van der Waals surface area (Å²) in [5.74, 6) is 0.205. The van der Waals surface area contributed by atoms with Gasteiger partial charge < -0.3 is 10.2 Å². The molecule has 5 nitrogen and oxygen atoms in total. The van der Waals surface area contributed by atoms with E-state index in [1.54, 1.807) is 0 Å². The minimum atomic E-state index is 0.205. The Morgan fingerprint density at radius 1 is 1.30 bits per heavy atom. The van der Waals surface area contributed by atoms with E-state index in [1.807, 2.05) is 29.3 Å². The second-order valence-electron chi connectivity index (χ2n) is 5.51. The largest absolute Gasteiger partial charge is 0.339 e. The predicted octanol–water partition coefficient (Wildman–Crippen LogP) is 0.724. The van der Waals surface area contributed by atoms with Gasteiger partial charge in [0.25, 0.3) is 0 Å². The van der Waals surface area contributed by atoms with Gasteiger partial charge in [-0.15, -0.1) is 0 Å². The quantitative estimate of drug-likeness (QED) is 0.861. The first-order chi connectivity index (χ1) is 9.65. The van der Waals surface area contributed by atoms with Crippen LogP contribution >= 0.6 is 0 Å². The van der Waals surface area contributed by atoms with Crippen LogP contribution in [0.15, 0.2) is 24.4 Å². The van der Waals surface area contributed by atoms with Crippen molar-refractivity contribution in [2.75, 3.05) is 32.7 Å². The van der Waals surface area contributed by atoms with Crippen LogP contribution in [0.1, 0.15) is 19.5 Å². The van der Waals surface area contributed by atoms with E-state index in [2.05, 4.69) is 29.0 Å². The molecule has 2 heterocycles. The number of rotatable bonds is 5. The Labute approximate surface area is 121 Å². The maximum absolute atomic E-state index is 12.0. The van der Waals surface area contributed by atoms with Crippen LogP contribution in [-0.4, -0.2) is 59.5 Å². The molecule has 20 heavy (non-hydrogen) atoms. The van der Waals surface area contributed by atoms with Crippen molar-refractivity contribution in [3.8, 4) is 0 Å². The summed E-state index contributed by atoms with van der Waals surface area (Å²) in [6, 6.07) is 6.34. The molecule has 0 radical (unpaired) electrons. The molecule has 0 saturated carbocycles. The summed E-state index contributed by atoms with van der Waals surface area (Å²) in [7, 11) is 0. The number of pyridine rings is 1. The number of piperazine rings is 1. The molecule has 0 unspecified atom stereocenters. The average molecular weight is 276 g/mol. The van der Waals surface area contributed by atoms with Crippen molar-refractivity contribution in [3.63, 3.8) is 0 Å². The van der Waals surface area contributed by atoms with E-state index in [4.69, 9.17) is 0 Å². The number of carbonyl (C=O) groups is 1. The summed E-state index contributed by atoms with van der Waals surface area (Å²) in [5, 5.41) is 3.18. The van der Waals surface area contributed by atoms with Crippen molar-refractivity contribution in [1.82, 2.24) is 20.1 Å². The molecule has 1 aliphatic heterocycles. The van der Waals surface area contributed by atoms with Gasteiger partial charge in [-0.05, 0) is 12.1 Å². The van der Waals surface area contributed by atoms with Gasteiger partial charge in [0.1, 0.15) is 0 Å². The highest BCUT2D eigenvalue weighted by Crippen LogP contribution is 2.06. The van der Waals surface area contributed by atoms with Gasteiger partial charge in [0.2, 0.25) is 5.91 Å². The Bertz CT molecular complexity index is 413. The van der Waals surface area contributed by atoms with Crippen molar-refractivity contribution in [2.45, 2.75) is 26.4 Å². The average Bonchev–Trinajstić information content (AvgIpc) is 2.46. The van der Waals surface area contributed by atoms with Crippen LogP contribution in [0, 0.1) is 0 Å². The third kappa shape index (κ3) is 4.58. The van der Waals surface area contributed by atoms with E-state index in [9.17, 15) is 4.79 Å². The fourth-order valence-corrected chi connectivity index (χ4v) is 2.28. The predicted molar refractivity (Wildman–Crippen MR) is 79.2 cm³/mol. The van der Waals surface area contributed by atoms with E-state index >= 15 is 0 Å². The van der Waals surface area contributed by atoms with Crippen LogP contribution in [0.25, 0.3) is 0 Å². The Morgan fingerprint density at radius 3 is 2.65 bits per heavy atom. The molecule has 1 aromatic rings. The molecule has 1 aromatic heterocycles. The number of carbonyl (C=O) groups excluding carboxylic acids is 1. The van der Waals surface area contributed by atoms with Gasteiger partial charge in [0, 0.05) is 45.0 Å². The number of hydrogen-bond acceptors (Lipinski definition) is 4. The van der Waals surface area contributed by atoms with Gasteiger partial charge in [-0.25, -0.2) is 0 Å². The standard InChI is InChI=1S/C15H24N4O/c1-13(2)17-11-15(20)19-9-7-18(8-10-19)12-14-5-3-4-6-16-14/h3-6,13,17H,7-12H2,1-2H3. The van der Waals surface area contributed by atoms with Gasteiger partial charge >= 0.3 is 0 Å². The fourth-order valence-electron chi connectivity index (χ4n) is 2.28. The summed E-state index contributed by atoms with van der Waals surface area (Å²) in [6.45, 7) is 8.88. The van der Waals surface area contributed by atoms with Crippen LogP contribution < -0.4 is 5.32 Å². The Kier molecular flexibility index (Phi) is 5.49. The van der Waals surface area contributed by atoms with Crippen molar-refractivity contribution < 1.29 is 4.79 Å². The first-order valence-electron chi connectivity index (χ1n) is 7.28. The molecule has 0 aromatic carbocycles. The van der Waals surface area contributed by atoms with Gasteiger partial charge in [0.05, 0.1) is 12.2 Å². The molecule has 0 spiro atoms. The Balaban J connectivity index is 1.73. The van der Waals surface area contributed by atoms with Gasteiger partial charge in [0.15, 0.2) is 0 Å². The van der Waals surface area contributed by atoms with Gasteiger partial charge in [-0.2, -0.15) is 0 Å². The summed E-state index contributed by atoms with van der Waals surface area (Å²) in [5.41, 5.74) is 1.09. The summed E-state index contributed by atoms with van der Waals surface area (Å²) < 4.78 is 0. The third-order valence-corrected chi connectivity index (χ3v) is 3.50. The zero-order valence-corrected chi connectivity index (χ0v) is 12.4. The number of hydrogen-bond donors (Lipinski definition) is 1. The Hall–Kier alpha value is -1.46. The highest BCUT2D eigenvalue weighted by Gasteiger charge is 2.20. The molecule has 2 rings (SSSR count).